The number of hydrogen-bond donors (Lipinski definition) is 1. The van der Waals surface area contributed by atoms with Crippen molar-refractivity contribution >= 4 is 28.7 Å². The first-order chi connectivity index (χ1) is 13.2. The molecule has 1 aromatic carbocycles. The Labute approximate surface area is 162 Å². The predicted molar refractivity (Wildman–Crippen MR) is 99.4 cm³/mol. The second-order valence-corrected chi connectivity index (χ2v) is 8.22. The summed E-state index contributed by atoms with van der Waals surface area (Å²) in [6.07, 6.45) is -0.889. The number of hydroxylamine groups is 2. The SMILES string of the molecule is CC(C)(C)N1C(=O)C2ON(CCC(N)=O)C(c3cc4ccccc4o3)C2C1=O. The molecule has 0 aliphatic carbocycles. The molecule has 8 heteroatoms. The fourth-order valence-electron chi connectivity index (χ4n) is 4.01. The van der Waals surface area contributed by atoms with E-state index in [1.807, 2.05) is 51.1 Å². The second kappa shape index (κ2) is 6.42. The fourth-order valence-corrected chi connectivity index (χ4v) is 4.01. The van der Waals surface area contributed by atoms with E-state index < -0.39 is 29.5 Å². The van der Waals surface area contributed by atoms with E-state index in [0.29, 0.717) is 11.3 Å². The molecule has 3 amide bonds. The van der Waals surface area contributed by atoms with Crippen LogP contribution >= 0.6 is 0 Å². The Morgan fingerprint density at radius 3 is 2.54 bits per heavy atom. The fraction of sp³-hybridized carbons (Fsp3) is 0.450. The number of benzene rings is 1. The Morgan fingerprint density at radius 1 is 1.18 bits per heavy atom. The maximum atomic E-state index is 13.2. The van der Waals surface area contributed by atoms with Gasteiger partial charge in [-0.1, -0.05) is 18.2 Å². The number of fused-ring (bicyclic) bond motifs is 2. The van der Waals surface area contributed by atoms with E-state index >= 15 is 0 Å². The lowest BCUT2D eigenvalue weighted by Gasteiger charge is -2.32. The first-order valence-electron chi connectivity index (χ1n) is 9.26. The Kier molecular flexibility index (Phi) is 4.28. The van der Waals surface area contributed by atoms with Crippen LogP contribution in [0.5, 0.6) is 0 Å². The van der Waals surface area contributed by atoms with Crippen molar-refractivity contribution in [2.24, 2.45) is 11.7 Å². The number of hydrogen-bond acceptors (Lipinski definition) is 6. The van der Waals surface area contributed by atoms with Gasteiger partial charge in [-0.25, -0.2) is 0 Å². The molecule has 1 aromatic heterocycles. The molecule has 2 aliphatic heterocycles. The third-order valence-corrected chi connectivity index (χ3v) is 5.18. The molecule has 3 atom stereocenters. The molecule has 3 unspecified atom stereocenters. The highest BCUT2D eigenvalue weighted by Gasteiger charge is 2.62. The predicted octanol–water partition coefficient (Wildman–Crippen LogP) is 1.75. The van der Waals surface area contributed by atoms with Gasteiger partial charge in [-0.2, -0.15) is 5.06 Å². The number of amides is 3. The summed E-state index contributed by atoms with van der Waals surface area (Å²) in [5, 5.41) is 2.38. The van der Waals surface area contributed by atoms with E-state index in [1.165, 1.54) is 9.96 Å². The number of furan rings is 1. The molecule has 0 spiro atoms. The number of carbonyl (C=O) groups excluding carboxylic acids is 3. The molecule has 0 bridgehead atoms. The van der Waals surface area contributed by atoms with E-state index in [2.05, 4.69) is 0 Å². The van der Waals surface area contributed by atoms with E-state index in [9.17, 15) is 14.4 Å². The summed E-state index contributed by atoms with van der Waals surface area (Å²) < 4.78 is 5.98. The molecular weight excluding hydrogens is 362 g/mol. The van der Waals surface area contributed by atoms with Crippen molar-refractivity contribution < 1.29 is 23.6 Å². The van der Waals surface area contributed by atoms with Crippen LogP contribution in [-0.4, -0.2) is 45.9 Å². The van der Waals surface area contributed by atoms with Crippen LogP contribution in [0.3, 0.4) is 0 Å². The largest absolute Gasteiger partial charge is 0.459 e. The lowest BCUT2D eigenvalue weighted by atomic mass is 9.94. The summed E-state index contributed by atoms with van der Waals surface area (Å²) in [4.78, 5) is 44.5. The van der Waals surface area contributed by atoms with Gasteiger partial charge in [-0.3, -0.25) is 24.1 Å². The minimum Gasteiger partial charge on any atom is -0.459 e. The topological polar surface area (TPSA) is 106 Å². The summed E-state index contributed by atoms with van der Waals surface area (Å²) in [5.74, 6) is -1.37. The van der Waals surface area contributed by atoms with Crippen molar-refractivity contribution in [2.75, 3.05) is 6.54 Å². The quantitative estimate of drug-likeness (QED) is 0.804. The van der Waals surface area contributed by atoms with Gasteiger partial charge >= 0.3 is 0 Å². The Balaban J connectivity index is 1.75. The Morgan fingerprint density at radius 2 is 1.89 bits per heavy atom. The number of carbonyl (C=O) groups is 3. The van der Waals surface area contributed by atoms with Gasteiger partial charge in [0.25, 0.3) is 5.91 Å². The molecule has 28 heavy (non-hydrogen) atoms. The minimum absolute atomic E-state index is 0.0432. The van der Waals surface area contributed by atoms with Gasteiger partial charge < -0.3 is 10.2 Å². The molecule has 2 fully saturated rings. The molecule has 4 rings (SSSR count). The average Bonchev–Trinajstić information content (AvgIpc) is 3.25. The number of para-hydroxylation sites is 1. The average molecular weight is 385 g/mol. The lowest BCUT2D eigenvalue weighted by Crippen LogP contribution is -2.48. The van der Waals surface area contributed by atoms with E-state index in [1.54, 1.807) is 0 Å². The van der Waals surface area contributed by atoms with Crippen LogP contribution in [0, 0.1) is 5.92 Å². The van der Waals surface area contributed by atoms with Crippen LogP contribution < -0.4 is 5.73 Å². The molecule has 0 saturated carbocycles. The maximum Gasteiger partial charge on any atom is 0.261 e. The summed E-state index contributed by atoms with van der Waals surface area (Å²) >= 11 is 0. The van der Waals surface area contributed by atoms with E-state index in [-0.39, 0.29) is 24.8 Å². The summed E-state index contributed by atoms with van der Waals surface area (Å²) in [6, 6.07) is 8.74. The molecule has 2 saturated heterocycles. The summed E-state index contributed by atoms with van der Waals surface area (Å²) in [7, 11) is 0. The molecule has 2 aromatic rings. The van der Waals surface area contributed by atoms with Gasteiger partial charge in [0.2, 0.25) is 11.8 Å². The number of imide groups is 1. The normalized spacial score (nSPS) is 25.7. The van der Waals surface area contributed by atoms with Crippen LogP contribution in [0.2, 0.25) is 0 Å². The molecule has 148 valence electrons. The number of rotatable bonds is 4. The van der Waals surface area contributed by atoms with Gasteiger partial charge in [0.05, 0.1) is 0 Å². The zero-order chi connectivity index (χ0) is 20.2. The minimum atomic E-state index is -0.933. The number of nitrogens with zero attached hydrogens (tertiary/aromatic N) is 2. The van der Waals surface area contributed by atoms with E-state index in [4.69, 9.17) is 15.0 Å². The van der Waals surface area contributed by atoms with Gasteiger partial charge in [0.1, 0.15) is 23.3 Å². The van der Waals surface area contributed by atoms with Crippen LogP contribution in [-0.2, 0) is 19.2 Å². The van der Waals surface area contributed by atoms with Crippen LogP contribution in [0.15, 0.2) is 34.7 Å². The highest BCUT2D eigenvalue weighted by molar-refractivity contribution is 6.08. The molecule has 2 aliphatic rings. The zero-order valence-electron chi connectivity index (χ0n) is 16.0. The zero-order valence-corrected chi connectivity index (χ0v) is 16.0. The Bertz CT molecular complexity index is 927. The molecule has 8 nitrogen and oxygen atoms in total. The first kappa shape index (κ1) is 18.6. The lowest BCUT2D eigenvalue weighted by molar-refractivity contribution is -0.183. The number of likely N-dealkylation sites (tertiary alicyclic amines) is 1. The maximum absolute atomic E-state index is 13.2. The third-order valence-electron chi connectivity index (χ3n) is 5.18. The van der Waals surface area contributed by atoms with Gasteiger partial charge in [-0.15, -0.1) is 0 Å². The molecule has 0 radical (unpaired) electrons. The standard InChI is InChI=1S/C20H23N3O5/c1-20(2,3)23-18(25)15-16(13-10-11-6-4-5-7-12(11)27-13)22(9-8-14(21)24)28-17(15)19(23)26/h4-7,10,15-17H,8-9H2,1-3H3,(H2,21,24). The second-order valence-electron chi connectivity index (χ2n) is 8.22. The highest BCUT2D eigenvalue weighted by atomic mass is 16.7. The monoisotopic (exact) mass is 385 g/mol. The summed E-state index contributed by atoms with van der Waals surface area (Å²) in [6.45, 7) is 5.60. The first-order valence-corrected chi connectivity index (χ1v) is 9.26. The molecule has 2 N–H and O–H groups in total. The van der Waals surface area contributed by atoms with E-state index in [0.717, 1.165) is 5.39 Å². The van der Waals surface area contributed by atoms with Crippen molar-refractivity contribution in [2.45, 2.75) is 44.9 Å². The highest BCUT2D eigenvalue weighted by Crippen LogP contribution is 2.47. The van der Waals surface area contributed by atoms with Crippen molar-refractivity contribution in [3.63, 3.8) is 0 Å². The van der Waals surface area contributed by atoms with Crippen molar-refractivity contribution in [3.8, 4) is 0 Å². The Hall–Kier alpha value is -2.71. The van der Waals surface area contributed by atoms with Crippen LogP contribution in [0.4, 0.5) is 0 Å². The van der Waals surface area contributed by atoms with Crippen molar-refractivity contribution in [1.29, 1.82) is 0 Å². The molecular formula is C20H23N3O5. The number of primary amides is 1. The van der Waals surface area contributed by atoms with Gasteiger partial charge in [0, 0.05) is 23.9 Å². The smallest absolute Gasteiger partial charge is 0.261 e. The number of nitrogens with two attached hydrogens (primary N) is 1. The van der Waals surface area contributed by atoms with Gasteiger partial charge in [-0.05, 0) is 32.9 Å². The van der Waals surface area contributed by atoms with Crippen LogP contribution in [0.1, 0.15) is 39.0 Å². The molecule has 3 heterocycles. The van der Waals surface area contributed by atoms with Gasteiger partial charge in [0.15, 0.2) is 6.10 Å². The van der Waals surface area contributed by atoms with Crippen molar-refractivity contribution in [3.05, 3.63) is 36.1 Å². The van der Waals surface area contributed by atoms with Crippen LogP contribution in [0.25, 0.3) is 11.0 Å². The third kappa shape index (κ3) is 2.89. The van der Waals surface area contributed by atoms with Crippen molar-refractivity contribution in [1.82, 2.24) is 9.96 Å². The summed E-state index contributed by atoms with van der Waals surface area (Å²) in [5.41, 5.74) is 5.31.